The van der Waals surface area contributed by atoms with Crippen molar-refractivity contribution in [3.05, 3.63) is 47.6 Å². The van der Waals surface area contributed by atoms with E-state index in [9.17, 15) is 0 Å². The van der Waals surface area contributed by atoms with Crippen LogP contribution in [-0.4, -0.2) is 12.8 Å². The van der Waals surface area contributed by atoms with Crippen molar-refractivity contribution >= 4 is 6.21 Å². The number of nitrogens with zero attached hydrogens (tertiary/aromatic N) is 1. The second-order valence-corrected chi connectivity index (χ2v) is 3.52. The van der Waals surface area contributed by atoms with Crippen LogP contribution < -0.4 is 0 Å². The Morgan fingerprint density at radius 1 is 1.16 bits per heavy atom. The summed E-state index contributed by atoms with van der Waals surface area (Å²) in [7, 11) is 0. The molecule has 0 spiro atoms. The predicted molar refractivity (Wildman–Crippen MR) is 91.1 cm³/mol. The summed E-state index contributed by atoms with van der Waals surface area (Å²) in [6.07, 6.45) is 17.1. The van der Waals surface area contributed by atoms with Crippen LogP contribution in [0.2, 0.25) is 0 Å². The molecule has 0 radical (unpaired) electrons. The summed E-state index contributed by atoms with van der Waals surface area (Å²) in [5.41, 5.74) is 2.49. The van der Waals surface area contributed by atoms with Crippen LogP contribution in [-0.2, 0) is 0 Å². The molecule has 1 rings (SSSR count). The number of hydrogen-bond donors (Lipinski definition) is 0. The summed E-state index contributed by atoms with van der Waals surface area (Å²) >= 11 is 0. The average molecular weight is 261 g/mol. The van der Waals surface area contributed by atoms with Crippen LogP contribution in [0, 0.1) is 0 Å². The van der Waals surface area contributed by atoms with Gasteiger partial charge >= 0.3 is 0 Å². The van der Waals surface area contributed by atoms with Gasteiger partial charge in [-0.05, 0) is 37.8 Å². The van der Waals surface area contributed by atoms with Gasteiger partial charge in [-0.25, -0.2) is 0 Å². The van der Waals surface area contributed by atoms with Crippen molar-refractivity contribution in [3.63, 3.8) is 0 Å². The van der Waals surface area contributed by atoms with E-state index in [1.165, 1.54) is 11.1 Å². The highest BCUT2D eigenvalue weighted by Gasteiger charge is 1.93. The molecule has 0 N–H and O–H groups in total. The van der Waals surface area contributed by atoms with Gasteiger partial charge in [-0.2, -0.15) is 0 Å². The summed E-state index contributed by atoms with van der Waals surface area (Å²) in [5.74, 6) is 0. The fourth-order valence-electron chi connectivity index (χ4n) is 1.44. The van der Waals surface area contributed by atoms with Gasteiger partial charge in [0.15, 0.2) is 0 Å². The van der Waals surface area contributed by atoms with E-state index < -0.39 is 0 Å². The Bertz CT molecular complexity index is 328. The van der Waals surface area contributed by atoms with Crippen molar-refractivity contribution in [2.45, 2.75) is 54.4 Å². The van der Waals surface area contributed by atoms with Crippen LogP contribution >= 0.6 is 0 Å². The Labute approximate surface area is 120 Å². The molecule has 0 unspecified atom stereocenters. The Kier molecular flexibility index (Phi) is 17.5. The van der Waals surface area contributed by atoms with E-state index >= 15 is 0 Å². The maximum absolute atomic E-state index is 4.42. The van der Waals surface area contributed by atoms with Crippen LogP contribution in [0.1, 0.15) is 54.4 Å². The van der Waals surface area contributed by atoms with Crippen LogP contribution in [0.25, 0.3) is 0 Å². The van der Waals surface area contributed by atoms with Gasteiger partial charge in [0.2, 0.25) is 0 Å². The zero-order chi connectivity index (χ0) is 14.9. The van der Waals surface area contributed by atoms with E-state index in [0.29, 0.717) is 0 Å². The first-order valence-corrected chi connectivity index (χ1v) is 7.51. The van der Waals surface area contributed by atoms with Gasteiger partial charge in [-0.15, -0.1) is 0 Å². The van der Waals surface area contributed by atoms with Crippen LogP contribution in [0.4, 0.5) is 0 Å². The largest absolute Gasteiger partial charge is 0.288 e. The molecule has 0 aliphatic heterocycles. The Balaban J connectivity index is 0. The minimum Gasteiger partial charge on any atom is -0.288 e. The van der Waals surface area contributed by atoms with E-state index in [4.69, 9.17) is 0 Å². The quantitative estimate of drug-likeness (QED) is 0.441. The lowest BCUT2D eigenvalue weighted by molar-refractivity contribution is 1.03. The van der Waals surface area contributed by atoms with Crippen molar-refractivity contribution in [3.8, 4) is 0 Å². The van der Waals surface area contributed by atoms with Gasteiger partial charge < -0.3 is 0 Å². The summed E-state index contributed by atoms with van der Waals surface area (Å²) in [5, 5.41) is 0. The predicted octanol–water partition coefficient (Wildman–Crippen LogP) is 5.91. The van der Waals surface area contributed by atoms with Gasteiger partial charge in [0, 0.05) is 6.21 Å². The van der Waals surface area contributed by atoms with E-state index in [-0.39, 0.29) is 0 Å². The number of rotatable bonds is 4. The number of hydrogen-bond acceptors (Lipinski definition) is 1. The molecule has 0 aromatic heterocycles. The monoisotopic (exact) mass is 261 g/mol. The highest BCUT2D eigenvalue weighted by atomic mass is 14.7. The SMILES string of the molecule is C/C=C\C(=C/C)CN=CC1=CCCC=C1.CC.CC. The van der Waals surface area contributed by atoms with Crippen LogP contribution in [0.5, 0.6) is 0 Å². The van der Waals surface area contributed by atoms with Crippen LogP contribution in [0.15, 0.2) is 52.6 Å². The second kappa shape index (κ2) is 16.6. The Hall–Kier alpha value is -1.37. The molecule has 1 nitrogen and oxygen atoms in total. The van der Waals surface area contributed by atoms with Crippen molar-refractivity contribution in [1.82, 2.24) is 0 Å². The van der Waals surface area contributed by atoms with E-state index in [0.717, 1.165) is 19.4 Å². The minimum atomic E-state index is 0.770. The van der Waals surface area contributed by atoms with Gasteiger partial charge in [-0.1, -0.05) is 64.2 Å². The number of aliphatic imine (C=N–C) groups is 1. The summed E-state index contributed by atoms with van der Waals surface area (Å²) < 4.78 is 0. The molecular weight excluding hydrogens is 230 g/mol. The third kappa shape index (κ3) is 11.5. The molecule has 1 heteroatoms. The van der Waals surface area contributed by atoms with Crippen molar-refractivity contribution in [2.75, 3.05) is 6.54 Å². The molecule has 108 valence electrons. The van der Waals surface area contributed by atoms with Gasteiger partial charge in [-0.3, -0.25) is 4.99 Å². The second-order valence-electron chi connectivity index (χ2n) is 3.52. The zero-order valence-electron chi connectivity index (χ0n) is 13.6. The average Bonchev–Trinajstić information content (AvgIpc) is 2.51. The van der Waals surface area contributed by atoms with E-state index in [1.54, 1.807) is 0 Å². The first-order valence-electron chi connectivity index (χ1n) is 7.51. The van der Waals surface area contributed by atoms with Crippen LogP contribution in [0.3, 0.4) is 0 Å². The summed E-state index contributed by atoms with van der Waals surface area (Å²) in [6, 6.07) is 0. The fraction of sp³-hybridized carbons (Fsp3) is 0.500. The lowest BCUT2D eigenvalue weighted by Crippen LogP contribution is -1.89. The molecule has 0 saturated heterocycles. The molecule has 0 saturated carbocycles. The van der Waals surface area contributed by atoms with Crippen molar-refractivity contribution < 1.29 is 0 Å². The van der Waals surface area contributed by atoms with Gasteiger partial charge in [0.05, 0.1) is 6.54 Å². The number of allylic oxidation sites excluding steroid dienone is 6. The highest BCUT2D eigenvalue weighted by Crippen LogP contribution is 2.07. The van der Waals surface area contributed by atoms with Crippen molar-refractivity contribution in [1.29, 1.82) is 0 Å². The standard InChI is InChI=1S/C14H19N.2C2H6/c1-3-8-13(4-2)11-15-12-14-9-6-5-7-10-14;2*1-2/h3-4,6,8-10,12H,5,7,11H2,1-2H3;2*1-2H3/b8-3-,13-4+,15-12?;;. The smallest absolute Gasteiger partial charge is 0.0636 e. The molecular formula is C18H31N. The van der Waals surface area contributed by atoms with Gasteiger partial charge in [0.1, 0.15) is 0 Å². The zero-order valence-corrected chi connectivity index (χ0v) is 13.6. The van der Waals surface area contributed by atoms with Gasteiger partial charge in [0.25, 0.3) is 0 Å². The maximum atomic E-state index is 4.42. The topological polar surface area (TPSA) is 12.4 Å². The fourth-order valence-corrected chi connectivity index (χ4v) is 1.44. The minimum absolute atomic E-state index is 0.770. The Morgan fingerprint density at radius 3 is 2.32 bits per heavy atom. The molecule has 0 aromatic rings. The third-order valence-electron chi connectivity index (χ3n) is 2.29. The molecule has 0 aromatic carbocycles. The highest BCUT2D eigenvalue weighted by molar-refractivity contribution is 5.82. The normalized spacial score (nSPS) is 14.6. The first kappa shape index (κ1) is 20.0. The molecule has 0 heterocycles. The van der Waals surface area contributed by atoms with Crippen molar-refractivity contribution in [2.24, 2.45) is 4.99 Å². The molecule has 19 heavy (non-hydrogen) atoms. The van der Waals surface area contributed by atoms with E-state index in [1.807, 2.05) is 53.8 Å². The summed E-state index contributed by atoms with van der Waals surface area (Å²) in [4.78, 5) is 4.42. The first-order chi connectivity index (χ1) is 9.36. The summed E-state index contributed by atoms with van der Waals surface area (Å²) in [6.45, 7) is 12.8. The molecule has 1 aliphatic rings. The molecule has 1 aliphatic carbocycles. The Morgan fingerprint density at radius 2 is 1.84 bits per heavy atom. The lowest BCUT2D eigenvalue weighted by atomic mass is 10.1. The molecule has 0 atom stereocenters. The third-order valence-corrected chi connectivity index (χ3v) is 2.29. The molecule has 0 amide bonds. The van der Waals surface area contributed by atoms with E-state index in [2.05, 4.69) is 35.4 Å². The maximum Gasteiger partial charge on any atom is 0.0636 e. The molecule has 0 bridgehead atoms. The lowest BCUT2D eigenvalue weighted by Gasteiger charge is -2.00. The molecule has 0 fully saturated rings.